The second kappa shape index (κ2) is 10.5. The van der Waals surface area contributed by atoms with Crippen LogP contribution in [0.2, 0.25) is 0 Å². The van der Waals surface area contributed by atoms with E-state index in [9.17, 15) is 0 Å². The Morgan fingerprint density at radius 3 is 1.69 bits per heavy atom. The number of fused-ring (bicyclic) bond motifs is 5. The van der Waals surface area contributed by atoms with Gasteiger partial charge in [0.05, 0.1) is 11.0 Å². The molecule has 0 unspecified atom stereocenters. The van der Waals surface area contributed by atoms with Crippen molar-refractivity contribution in [1.82, 2.24) is 4.57 Å². The molecule has 1 nitrogen and oxygen atoms in total. The van der Waals surface area contributed by atoms with Crippen LogP contribution < -0.4 is 16.4 Å². The Bertz CT molecular complexity index is 1880. The summed E-state index contributed by atoms with van der Waals surface area (Å²) in [5.74, 6) is 1.36. The summed E-state index contributed by atoms with van der Waals surface area (Å²) in [7, 11) is 0. The Kier molecular flexibility index (Phi) is 6.82. The third kappa shape index (κ3) is 4.33. The van der Waals surface area contributed by atoms with E-state index >= 15 is 0 Å². The first-order valence-electron chi connectivity index (χ1n) is 15.4. The Balaban J connectivity index is 1.54. The Morgan fingerprint density at radius 2 is 1.10 bits per heavy atom. The minimum atomic E-state index is 0.182. The standard InChI is InChI=1S/C39H38BNS/c1-24(2)27-21-31(25(3)4)39(32(22-27)26(5)6)40-33-15-9-12-18-37(33)42-38-20-19-28(23-34(38)40)41-35-16-10-7-13-29(35)30-14-8-11-17-36(30)41/h7-26H,1-6H3. The Hall–Kier alpha value is -3.69. The van der Waals surface area contributed by atoms with Crippen molar-refractivity contribution >= 4 is 56.7 Å². The third-order valence-electron chi connectivity index (χ3n) is 9.06. The average molecular weight is 564 g/mol. The van der Waals surface area contributed by atoms with Crippen molar-refractivity contribution in [2.45, 2.75) is 69.1 Å². The molecular weight excluding hydrogens is 525 g/mol. The van der Waals surface area contributed by atoms with E-state index in [1.54, 1.807) is 0 Å². The molecule has 0 atom stereocenters. The first-order valence-corrected chi connectivity index (χ1v) is 16.2. The maximum absolute atomic E-state index is 2.51. The van der Waals surface area contributed by atoms with Gasteiger partial charge in [0.15, 0.2) is 0 Å². The van der Waals surface area contributed by atoms with Crippen LogP contribution in [0.1, 0.15) is 76.0 Å². The van der Waals surface area contributed by atoms with Crippen molar-refractivity contribution in [2.24, 2.45) is 0 Å². The smallest absolute Gasteiger partial charge is 0.244 e. The molecule has 2 heterocycles. The van der Waals surface area contributed by atoms with E-state index in [-0.39, 0.29) is 6.71 Å². The van der Waals surface area contributed by atoms with Crippen LogP contribution in [-0.4, -0.2) is 11.3 Å². The lowest BCUT2D eigenvalue weighted by Crippen LogP contribution is -2.57. The summed E-state index contributed by atoms with van der Waals surface area (Å²) < 4.78 is 2.46. The number of nitrogens with zero attached hydrogens (tertiary/aromatic N) is 1. The van der Waals surface area contributed by atoms with E-state index in [4.69, 9.17) is 0 Å². The zero-order valence-corrected chi connectivity index (χ0v) is 26.3. The van der Waals surface area contributed by atoms with Gasteiger partial charge in [-0.25, -0.2) is 0 Å². The first kappa shape index (κ1) is 27.2. The minimum Gasteiger partial charge on any atom is -0.309 e. The van der Waals surface area contributed by atoms with E-state index in [1.807, 2.05) is 11.8 Å². The van der Waals surface area contributed by atoms with Crippen LogP contribution in [0.3, 0.4) is 0 Å². The van der Waals surface area contributed by atoms with Crippen molar-refractivity contribution in [2.75, 3.05) is 0 Å². The predicted octanol–water partition coefficient (Wildman–Crippen LogP) is 9.13. The number of rotatable bonds is 5. The second-order valence-corrected chi connectivity index (χ2v) is 13.8. The lowest BCUT2D eigenvalue weighted by molar-refractivity contribution is 0.812. The predicted molar refractivity (Wildman–Crippen MR) is 185 cm³/mol. The lowest BCUT2D eigenvalue weighted by atomic mass is 9.34. The molecule has 208 valence electrons. The average Bonchev–Trinajstić information content (AvgIpc) is 3.33. The fourth-order valence-electron chi connectivity index (χ4n) is 6.95. The van der Waals surface area contributed by atoms with Crippen molar-refractivity contribution in [3.05, 3.63) is 120 Å². The zero-order chi connectivity index (χ0) is 29.1. The summed E-state index contributed by atoms with van der Waals surface area (Å²) in [6.07, 6.45) is 0. The maximum atomic E-state index is 2.51. The second-order valence-electron chi connectivity index (χ2n) is 12.7. The Morgan fingerprint density at radius 1 is 0.548 bits per heavy atom. The number of aromatic nitrogens is 1. The molecular formula is C39H38BNS. The van der Waals surface area contributed by atoms with Gasteiger partial charge in [-0.15, -0.1) is 0 Å². The highest BCUT2D eigenvalue weighted by Crippen LogP contribution is 2.36. The van der Waals surface area contributed by atoms with Crippen molar-refractivity contribution in [1.29, 1.82) is 0 Å². The fourth-order valence-corrected chi connectivity index (χ4v) is 8.07. The molecule has 0 saturated carbocycles. The van der Waals surface area contributed by atoms with Gasteiger partial charge < -0.3 is 4.57 Å². The van der Waals surface area contributed by atoms with E-state index in [0.717, 1.165) is 0 Å². The fraction of sp³-hybridized carbons (Fsp3) is 0.231. The van der Waals surface area contributed by atoms with Crippen molar-refractivity contribution in [3.8, 4) is 5.69 Å². The molecule has 1 aliphatic rings. The molecule has 3 heteroatoms. The highest BCUT2D eigenvalue weighted by atomic mass is 32.2. The quantitative estimate of drug-likeness (QED) is 0.189. The summed E-state index contributed by atoms with van der Waals surface area (Å²) in [6.45, 7) is 14.3. The summed E-state index contributed by atoms with van der Waals surface area (Å²) in [6, 6.07) is 38.9. The van der Waals surface area contributed by atoms with Crippen LogP contribution >= 0.6 is 11.8 Å². The molecule has 42 heavy (non-hydrogen) atoms. The number of hydrogen-bond acceptors (Lipinski definition) is 1. The molecule has 1 aliphatic heterocycles. The molecule has 0 spiro atoms. The largest absolute Gasteiger partial charge is 0.309 e. The third-order valence-corrected chi connectivity index (χ3v) is 10.2. The molecule has 0 amide bonds. The van der Waals surface area contributed by atoms with Crippen molar-refractivity contribution in [3.63, 3.8) is 0 Å². The maximum Gasteiger partial charge on any atom is 0.244 e. The molecule has 1 aromatic heterocycles. The summed E-state index contributed by atoms with van der Waals surface area (Å²) in [5, 5.41) is 2.60. The normalized spacial score (nSPS) is 13.0. The summed E-state index contributed by atoms with van der Waals surface area (Å²) in [5.41, 5.74) is 12.5. The van der Waals surface area contributed by atoms with E-state index in [1.165, 1.54) is 70.4 Å². The highest BCUT2D eigenvalue weighted by molar-refractivity contribution is 8.00. The number of hydrogen-bond donors (Lipinski definition) is 0. The summed E-state index contributed by atoms with van der Waals surface area (Å²) in [4.78, 5) is 2.73. The van der Waals surface area contributed by atoms with Crippen molar-refractivity contribution < 1.29 is 0 Å². The molecule has 6 aromatic rings. The van der Waals surface area contributed by atoms with E-state index < -0.39 is 0 Å². The van der Waals surface area contributed by atoms with Gasteiger partial charge in [-0.1, -0.05) is 136 Å². The molecule has 7 rings (SSSR count). The minimum absolute atomic E-state index is 0.182. The first-order chi connectivity index (χ1) is 20.3. The van der Waals surface area contributed by atoms with Crippen LogP contribution in [0.5, 0.6) is 0 Å². The van der Waals surface area contributed by atoms with Crippen LogP contribution in [0.25, 0.3) is 27.5 Å². The molecule has 0 aliphatic carbocycles. The monoisotopic (exact) mass is 563 g/mol. The van der Waals surface area contributed by atoms with Gasteiger partial charge in [-0.05, 0) is 70.8 Å². The molecule has 0 N–H and O–H groups in total. The van der Waals surface area contributed by atoms with Gasteiger partial charge in [-0.3, -0.25) is 0 Å². The van der Waals surface area contributed by atoms with Gasteiger partial charge in [-0.2, -0.15) is 0 Å². The SMILES string of the molecule is CC(C)c1cc(C(C)C)c(B2c3ccccc3Sc3ccc(-n4c5ccccc5c5ccccc54)cc32)c(C(C)C)c1. The summed E-state index contributed by atoms with van der Waals surface area (Å²) >= 11 is 1.92. The van der Waals surface area contributed by atoms with Gasteiger partial charge in [0.25, 0.3) is 0 Å². The van der Waals surface area contributed by atoms with Crippen LogP contribution in [0.15, 0.2) is 113 Å². The molecule has 0 bridgehead atoms. The highest BCUT2D eigenvalue weighted by Gasteiger charge is 2.36. The molecule has 5 aromatic carbocycles. The van der Waals surface area contributed by atoms with Gasteiger partial charge >= 0.3 is 0 Å². The van der Waals surface area contributed by atoms with E-state index in [0.29, 0.717) is 17.8 Å². The van der Waals surface area contributed by atoms with Gasteiger partial charge in [0.1, 0.15) is 0 Å². The molecule has 0 saturated heterocycles. The van der Waals surface area contributed by atoms with Crippen LogP contribution in [-0.2, 0) is 0 Å². The molecule has 0 fully saturated rings. The van der Waals surface area contributed by atoms with Gasteiger partial charge in [0.2, 0.25) is 6.71 Å². The number of benzene rings is 5. The number of para-hydroxylation sites is 2. The zero-order valence-electron chi connectivity index (χ0n) is 25.5. The van der Waals surface area contributed by atoms with Gasteiger partial charge in [0, 0.05) is 26.3 Å². The van der Waals surface area contributed by atoms with Crippen LogP contribution in [0, 0.1) is 0 Å². The Labute approximate surface area is 255 Å². The van der Waals surface area contributed by atoms with E-state index in [2.05, 4.69) is 149 Å². The topological polar surface area (TPSA) is 4.93 Å². The molecule has 0 radical (unpaired) electrons. The lowest BCUT2D eigenvalue weighted by Gasteiger charge is -2.32. The van der Waals surface area contributed by atoms with Crippen LogP contribution in [0.4, 0.5) is 0 Å².